The normalized spacial score (nSPS) is 17.2. The molecule has 1 aliphatic heterocycles. The molecule has 2 amide bonds. The second kappa shape index (κ2) is 7.33. The summed E-state index contributed by atoms with van der Waals surface area (Å²) in [6.07, 6.45) is 3.77. The first-order valence-corrected chi connectivity index (χ1v) is 7.97. The van der Waals surface area contributed by atoms with Gasteiger partial charge in [-0.2, -0.15) is 0 Å². The van der Waals surface area contributed by atoms with E-state index < -0.39 is 0 Å². The van der Waals surface area contributed by atoms with Gasteiger partial charge in [0.1, 0.15) is 5.76 Å². The van der Waals surface area contributed by atoms with Crippen LogP contribution >= 0.6 is 0 Å². The topological polar surface area (TPSA) is 54.7 Å². The summed E-state index contributed by atoms with van der Waals surface area (Å²) < 4.78 is 11.1. The number of hydrogen-bond acceptors (Lipinski definition) is 3. The van der Waals surface area contributed by atoms with Crippen LogP contribution in [-0.2, 0) is 11.3 Å². The molecule has 1 atom stereocenters. The highest BCUT2D eigenvalue weighted by molar-refractivity contribution is 5.89. The number of aryl methyl sites for hydroxylation is 1. The molecule has 0 spiro atoms. The monoisotopic (exact) mass is 314 g/mol. The van der Waals surface area contributed by atoms with Gasteiger partial charge in [0, 0.05) is 18.8 Å². The van der Waals surface area contributed by atoms with Crippen LogP contribution in [0.3, 0.4) is 0 Å². The molecular formula is C18H22N2O3. The van der Waals surface area contributed by atoms with E-state index in [2.05, 4.69) is 5.32 Å². The number of carbonyl (C=O) groups excluding carboxylic acids is 1. The Morgan fingerprint density at radius 1 is 1.35 bits per heavy atom. The van der Waals surface area contributed by atoms with Crippen LogP contribution in [0.15, 0.2) is 47.1 Å². The zero-order valence-electron chi connectivity index (χ0n) is 13.3. The molecule has 2 aromatic rings. The van der Waals surface area contributed by atoms with Crippen LogP contribution in [0.5, 0.6) is 0 Å². The highest BCUT2D eigenvalue weighted by Gasteiger charge is 2.23. The summed E-state index contributed by atoms with van der Waals surface area (Å²) in [5.41, 5.74) is 1.91. The lowest BCUT2D eigenvalue weighted by Gasteiger charge is -2.25. The van der Waals surface area contributed by atoms with Crippen molar-refractivity contribution < 1.29 is 13.9 Å². The molecular weight excluding hydrogens is 292 g/mol. The third-order valence-electron chi connectivity index (χ3n) is 3.93. The van der Waals surface area contributed by atoms with Crippen LogP contribution in [0, 0.1) is 6.92 Å². The molecule has 5 nitrogen and oxygen atoms in total. The smallest absolute Gasteiger partial charge is 0.322 e. The Morgan fingerprint density at radius 2 is 2.26 bits per heavy atom. The first-order valence-electron chi connectivity index (χ1n) is 7.97. The molecule has 1 aromatic carbocycles. The molecule has 1 aliphatic rings. The van der Waals surface area contributed by atoms with Crippen molar-refractivity contribution in [2.24, 2.45) is 0 Å². The fraction of sp³-hybridized carbons (Fsp3) is 0.389. The van der Waals surface area contributed by atoms with Crippen molar-refractivity contribution in [3.05, 3.63) is 54.0 Å². The number of anilines is 1. The van der Waals surface area contributed by atoms with Gasteiger partial charge in [-0.1, -0.05) is 12.1 Å². The van der Waals surface area contributed by atoms with Crippen molar-refractivity contribution >= 4 is 11.7 Å². The number of nitrogens with zero attached hydrogens (tertiary/aromatic N) is 1. The average molecular weight is 314 g/mol. The summed E-state index contributed by atoms with van der Waals surface area (Å²) in [6.45, 7) is 3.78. The quantitative estimate of drug-likeness (QED) is 0.913. The van der Waals surface area contributed by atoms with E-state index in [1.807, 2.05) is 43.3 Å². The first-order chi connectivity index (χ1) is 11.2. The number of rotatable bonds is 5. The van der Waals surface area contributed by atoms with E-state index in [0.29, 0.717) is 13.1 Å². The lowest BCUT2D eigenvalue weighted by atomic mass is 10.2. The standard InChI is InChI=1S/C18H22N2O3/c1-14-5-2-6-15(11-14)19-18(21)20(12-16-7-3-9-22-16)13-17-8-4-10-23-17/h2-3,5-7,9,11,17H,4,8,10,12-13H2,1H3,(H,19,21). The summed E-state index contributed by atoms with van der Waals surface area (Å²) >= 11 is 0. The average Bonchev–Trinajstić information content (AvgIpc) is 3.20. The number of hydrogen-bond donors (Lipinski definition) is 1. The number of urea groups is 1. The van der Waals surface area contributed by atoms with Gasteiger partial charge in [-0.25, -0.2) is 4.79 Å². The number of ether oxygens (including phenoxy) is 1. The van der Waals surface area contributed by atoms with E-state index in [0.717, 1.165) is 36.5 Å². The minimum absolute atomic E-state index is 0.105. The van der Waals surface area contributed by atoms with Crippen molar-refractivity contribution in [3.8, 4) is 0 Å². The van der Waals surface area contributed by atoms with Crippen LogP contribution in [-0.4, -0.2) is 30.2 Å². The third-order valence-corrected chi connectivity index (χ3v) is 3.93. The predicted octanol–water partition coefficient (Wildman–Crippen LogP) is 3.80. The maximum atomic E-state index is 12.7. The summed E-state index contributed by atoms with van der Waals surface area (Å²) in [5, 5.41) is 2.96. The lowest BCUT2D eigenvalue weighted by molar-refractivity contribution is 0.0803. The van der Waals surface area contributed by atoms with Crippen molar-refractivity contribution in [1.82, 2.24) is 4.90 Å². The first kappa shape index (κ1) is 15.6. The Hall–Kier alpha value is -2.27. The molecule has 2 heterocycles. The molecule has 1 aromatic heterocycles. The van der Waals surface area contributed by atoms with E-state index in [1.165, 1.54) is 0 Å². The van der Waals surface area contributed by atoms with E-state index in [4.69, 9.17) is 9.15 Å². The lowest BCUT2D eigenvalue weighted by Crippen LogP contribution is -2.39. The third kappa shape index (κ3) is 4.36. The van der Waals surface area contributed by atoms with E-state index in [9.17, 15) is 4.79 Å². The van der Waals surface area contributed by atoms with E-state index in [1.54, 1.807) is 11.2 Å². The maximum Gasteiger partial charge on any atom is 0.322 e. The number of amides is 2. The van der Waals surface area contributed by atoms with Gasteiger partial charge in [-0.15, -0.1) is 0 Å². The zero-order chi connectivity index (χ0) is 16.1. The molecule has 1 N–H and O–H groups in total. The molecule has 122 valence electrons. The second-order valence-corrected chi connectivity index (χ2v) is 5.89. The summed E-state index contributed by atoms with van der Waals surface area (Å²) in [5.74, 6) is 0.766. The van der Waals surface area contributed by atoms with E-state index >= 15 is 0 Å². The van der Waals surface area contributed by atoms with Gasteiger partial charge in [0.05, 0.1) is 18.9 Å². The Balaban J connectivity index is 1.68. The van der Waals surface area contributed by atoms with Crippen LogP contribution in [0.25, 0.3) is 0 Å². The van der Waals surface area contributed by atoms with Gasteiger partial charge in [0.2, 0.25) is 0 Å². The summed E-state index contributed by atoms with van der Waals surface area (Å²) in [6, 6.07) is 11.4. The van der Waals surface area contributed by atoms with Crippen LogP contribution in [0.2, 0.25) is 0 Å². The van der Waals surface area contributed by atoms with Crippen molar-refractivity contribution in [3.63, 3.8) is 0 Å². The maximum absolute atomic E-state index is 12.7. The second-order valence-electron chi connectivity index (χ2n) is 5.89. The largest absolute Gasteiger partial charge is 0.467 e. The minimum atomic E-state index is -0.137. The zero-order valence-corrected chi connectivity index (χ0v) is 13.3. The molecule has 23 heavy (non-hydrogen) atoms. The number of nitrogens with one attached hydrogen (secondary N) is 1. The molecule has 0 radical (unpaired) electrons. The Bertz CT molecular complexity index is 633. The summed E-state index contributed by atoms with van der Waals surface area (Å²) in [7, 11) is 0. The summed E-state index contributed by atoms with van der Waals surface area (Å²) in [4.78, 5) is 14.4. The molecule has 0 aliphatic carbocycles. The Kier molecular flexibility index (Phi) is 4.98. The molecule has 1 fully saturated rings. The Labute approximate surface area is 136 Å². The number of benzene rings is 1. The molecule has 0 bridgehead atoms. The molecule has 1 unspecified atom stereocenters. The van der Waals surface area contributed by atoms with Gasteiger partial charge in [0.15, 0.2) is 0 Å². The number of furan rings is 1. The van der Waals surface area contributed by atoms with Crippen LogP contribution in [0.4, 0.5) is 10.5 Å². The SMILES string of the molecule is Cc1cccc(NC(=O)N(Cc2ccco2)CC2CCCO2)c1. The van der Waals surface area contributed by atoms with Crippen molar-refractivity contribution in [2.75, 3.05) is 18.5 Å². The highest BCUT2D eigenvalue weighted by atomic mass is 16.5. The fourth-order valence-corrected chi connectivity index (χ4v) is 2.77. The Morgan fingerprint density at radius 3 is 2.96 bits per heavy atom. The van der Waals surface area contributed by atoms with E-state index in [-0.39, 0.29) is 12.1 Å². The molecule has 1 saturated heterocycles. The molecule has 5 heteroatoms. The van der Waals surface area contributed by atoms with Gasteiger partial charge in [0.25, 0.3) is 0 Å². The van der Waals surface area contributed by atoms with Gasteiger partial charge >= 0.3 is 6.03 Å². The molecule has 0 saturated carbocycles. The van der Waals surface area contributed by atoms with Crippen LogP contribution in [0.1, 0.15) is 24.2 Å². The van der Waals surface area contributed by atoms with Crippen LogP contribution < -0.4 is 5.32 Å². The fourth-order valence-electron chi connectivity index (χ4n) is 2.77. The van der Waals surface area contributed by atoms with Gasteiger partial charge in [-0.3, -0.25) is 0 Å². The van der Waals surface area contributed by atoms with Gasteiger partial charge in [-0.05, 0) is 49.6 Å². The predicted molar refractivity (Wildman–Crippen MR) is 88.3 cm³/mol. The minimum Gasteiger partial charge on any atom is -0.467 e. The van der Waals surface area contributed by atoms with Gasteiger partial charge < -0.3 is 19.4 Å². The number of carbonyl (C=O) groups is 1. The van der Waals surface area contributed by atoms with Crippen molar-refractivity contribution in [2.45, 2.75) is 32.4 Å². The van der Waals surface area contributed by atoms with Crippen molar-refractivity contribution in [1.29, 1.82) is 0 Å². The highest BCUT2D eigenvalue weighted by Crippen LogP contribution is 2.17. The molecule has 3 rings (SSSR count).